The molecule has 6 heteroatoms. The van der Waals surface area contributed by atoms with Crippen LogP contribution in [0.4, 0.5) is 0 Å². The van der Waals surface area contributed by atoms with Crippen LogP contribution in [0.3, 0.4) is 0 Å². The first-order valence-electron chi connectivity index (χ1n) is 6.66. The van der Waals surface area contributed by atoms with E-state index in [9.17, 15) is 4.79 Å². The van der Waals surface area contributed by atoms with E-state index in [1.165, 1.54) is 6.42 Å². The number of nitrogens with zero attached hydrogens (tertiary/aromatic N) is 1. The van der Waals surface area contributed by atoms with Gasteiger partial charge < -0.3 is 15.2 Å². The van der Waals surface area contributed by atoms with Crippen molar-refractivity contribution in [3.8, 4) is 0 Å². The quantitative estimate of drug-likeness (QED) is 0.900. The Morgan fingerprint density at radius 1 is 1.45 bits per heavy atom. The van der Waals surface area contributed by atoms with Gasteiger partial charge in [-0.25, -0.2) is 0 Å². The number of carbonyl (C=O) groups excluding carboxylic acids is 1. The van der Waals surface area contributed by atoms with E-state index in [1.807, 2.05) is 24.3 Å². The van der Waals surface area contributed by atoms with Gasteiger partial charge in [0.15, 0.2) is 5.58 Å². The number of aromatic nitrogens is 1. The second kappa shape index (κ2) is 6.72. The number of nitrogens with one attached hydrogen (secondary N) is 2. The van der Waals surface area contributed by atoms with Gasteiger partial charge in [-0.2, -0.15) is 0 Å². The van der Waals surface area contributed by atoms with Crippen molar-refractivity contribution in [3.05, 3.63) is 30.0 Å². The Labute approximate surface area is 123 Å². The molecular weight excluding hydrogens is 278 g/mol. The van der Waals surface area contributed by atoms with Gasteiger partial charge in [0.1, 0.15) is 5.69 Å². The van der Waals surface area contributed by atoms with Gasteiger partial charge in [0, 0.05) is 18.0 Å². The van der Waals surface area contributed by atoms with Crippen molar-refractivity contribution in [2.45, 2.75) is 25.3 Å². The molecule has 1 aromatic carbocycles. The molecule has 1 saturated heterocycles. The van der Waals surface area contributed by atoms with Crippen LogP contribution in [0.5, 0.6) is 0 Å². The van der Waals surface area contributed by atoms with Crippen molar-refractivity contribution in [3.63, 3.8) is 0 Å². The summed E-state index contributed by atoms with van der Waals surface area (Å²) in [6, 6.07) is 8.00. The third kappa shape index (κ3) is 3.29. The number of hydrogen-bond acceptors (Lipinski definition) is 4. The minimum absolute atomic E-state index is 0. The van der Waals surface area contributed by atoms with Crippen LogP contribution in [-0.4, -0.2) is 30.2 Å². The standard InChI is InChI=1S/C14H17N3O2.ClH/c18-14(16-9-10-4-3-7-15-10)8-12-11-5-1-2-6-13(11)19-17-12;/h1-2,5-6,10,15H,3-4,7-9H2,(H,16,18);1H. The molecule has 1 aromatic heterocycles. The summed E-state index contributed by atoms with van der Waals surface area (Å²) in [4.78, 5) is 11.9. The van der Waals surface area contributed by atoms with Crippen molar-refractivity contribution >= 4 is 29.3 Å². The Morgan fingerprint density at radius 2 is 2.30 bits per heavy atom. The average molecular weight is 296 g/mol. The number of halogens is 1. The minimum Gasteiger partial charge on any atom is -0.356 e. The summed E-state index contributed by atoms with van der Waals surface area (Å²) in [6.45, 7) is 1.74. The van der Waals surface area contributed by atoms with Crippen molar-refractivity contribution < 1.29 is 9.32 Å². The Hall–Kier alpha value is -1.59. The maximum atomic E-state index is 11.9. The molecule has 0 saturated carbocycles. The lowest BCUT2D eigenvalue weighted by molar-refractivity contribution is -0.120. The third-order valence-electron chi connectivity index (χ3n) is 3.49. The van der Waals surface area contributed by atoms with E-state index in [4.69, 9.17) is 4.52 Å². The molecule has 5 nitrogen and oxygen atoms in total. The molecule has 1 aliphatic heterocycles. The number of carbonyl (C=O) groups is 1. The highest BCUT2D eigenvalue weighted by atomic mass is 35.5. The van der Waals surface area contributed by atoms with Gasteiger partial charge in [0.25, 0.3) is 0 Å². The summed E-state index contributed by atoms with van der Waals surface area (Å²) in [6.07, 6.45) is 2.59. The molecule has 3 rings (SSSR count). The molecular formula is C14H18ClN3O2. The van der Waals surface area contributed by atoms with Crippen molar-refractivity contribution in [1.82, 2.24) is 15.8 Å². The van der Waals surface area contributed by atoms with Crippen LogP contribution in [0.15, 0.2) is 28.8 Å². The molecule has 1 atom stereocenters. The first-order chi connectivity index (χ1) is 9.33. The zero-order valence-corrected chi connectivity index (χ0v) is 11.9. The zero-order chi connectivity index (χ0) is 13.1. The van der Waals surface area contributed by atoms with Crippen LogP contribution in [-0.2, 0) is 11.2 Å². The number of benzene rings is 1. The van der Waals surface area contributed by atoms with E-state index in [1.54, 1.807) is 0 Å². The maximum absolute atomic E-state index is 11.9. The highest BCUT2D eigenvalue weighted by Crippen LogP contribution is 2.17. The molecule has 1 aliphatic rings. The molecule has 1 amide bonds. The number of fused-ring (bicyclic) bond motifs is 1. The Balaban J connectivity index is 0.00000147. The maximum Gasteiger partial charge on any atom is 0.226 e. The molecule has 0 bridgehead atoms. The number of hydrogen-bond donors (Lipinski definition) is 2. The highest BCUT2D eigenvalue weighted by molar-refractivity contribution is 5.86. The monoisotopic (exact) mass is 295 g/mol. The molecule has 2 N–H and O–H groups in total. The summed E-state index contributed by atoms with van der Waals surface area (Å²) in [5, 5.41) is 11.2. The third-order valence-corrected chi connectivity index (χ3v) is 3.49. The van der Waals surface area contributed by atoms with E-state index in [0.717, 1.165) is 23.9 Å². The molecule has 2 heterocycles. The van der Waals surface area contributed by atoms with E-state index < -0.39 is 0 Å². The summed E-state index contributed by atoms with van der Waals surface area (Å²) in [5.74, 6) is -0.00671. The molecule has 1 unspecified atom stereocenters. The minimum atomic E-state index is -0.00671. The van der Waals surface area contributed by atoms with Gasteiger partial charge in [-0.05, 0) is 31.5 Å². The molecule has 108 valence electrons. The van der Waals surface area contributed by atoms with Crippen LogP contribution in [0.2, 0.25) is 0 Å². The Bertz CT molecular complexity index is 579. The predicted molar refractivity (Wildman–Crippen MR) is 79.0 cm³/mol. The van der Waals surface area contributed by atoms with Gasteiger partial charge in [-0.15, -0.1) is 12.4 Å². The van der Waals surface area contributed by atoms with E-state index in [0.29, 0.717) is 18.3 Å². The predicted octanol–water partition coefficient (Wildman–Crippen LogP) is 1.66. The summed E-state index contributed by atoms with van der Waals surface area (Å²) < 4.78 is 5.19. The zero-order valence-electron chi connectivity index (χ0n) is 11.1. The van der Waals surface area contributed by atoms with Gasteiger partial charge in [0.05, 0.1) is 6.42 Å². The lowest BCUT2D eigenvalue weighted by atomic mass is 10.1. The van der Waals surface area contributed by atoms with Gasteiger partial charge in [0.2, 0.25) is 5.91 Å². The topological polar surface area (TPSA) is 67.2 Å². The summed E-state index contributed by atoms with van der Waals surface area (Å²) >= 11 is 0. The van der Waals surface area contributed by atoms with E-state index in [-0.39, 0.29) is 24.7 Å². The second-order valence-electron chi connectivity index (χ2n) is 4.90. The van der Waals surface area contributed by atoms with Crippen molar-refractivity contribution in [1.29, 1.82) is 0 Å². The lowest BCUT2D eigenvalue weighted by Crippen LogP contribution is -2.37. The van der Waals surface area contributed by atoms with Gasteiger partial charge >= 0.3 is 0 Å². The fourth-order valence-electron chi connectivity index (χ4n) is 2.45. The van der Waals surface area contributed by atoms with Gasteiger partial charge in [-0.1, -0.05) is 17.3 Å². The number of rotatable bonds is 4. The summed E-state index contributed by atoms with van der Waals surface area (Å²) in [7, 11) is 0. The Kier molecular flexibility index (Phi) is 4.98. The molecule has 2 aromatic rings. The highest BCUT2D eigenvalue weighted by Gasteiger charge is 2.16. The Morgan fingerprint density at radius 3 is 3.10 bits per heavy atom. The first-order valence-corrected chi connectivity index (χ1v) is 6.66. The SMILES string of the molecule is Cl.O=C(Cc1noc2ccccc12)NCC1CCCN1. The fourth-order valence-corrected chi connectivity index (χ4v) is 2.45. The lowest BCUT2D eigenvalue weighted by Gasteiger charge is -2.10. The van der Waals surface area contributed by atoms with E-state index in [2.05, 4.69) is 15.8 Å². The van der Waals surface area contributed by atoms with Gasteiger partial charge in [-0.3, -0.25) is 4.79 Å². The van der Waals surface area contributed by atoms with Crippen molar-refractivity contribution in [2.24, 2.45) is 0 Å². The average Bonchev–Trinajstić information content (AvgIpc) is 3.07. The second-order valence-corrected chi connectivity index (χ2v) is 4.90. The van der Waals surface area contributed by atoms with Crippen LogP contribution in [0.1, 0.15) is 18.5 Å². The molecule has 0 spiro atoms. The van der Waals surface area contributed by atoms with Crippen LogP contribution in [0.25, 0.3) is 11.0 Å². The first kappa shape index (κ1) is 14.8. The fraction of sp³-hybridized carbons (Fsp3) is 0.429. The summed E-state index contributed by atoms with van der Waals surface area (Å²) in [5.41, 5.74) is 1.43. The van der Waals surface area contributed by atoms with E-state index >= 15 is 0 Å². The molecule has 0 aliphatic carbocycles. The normalized spacial score (nSPS) is 17.9. The smallest absolute Gasteiger partial charge is 0.226 e. The molecule has 1 fully saturated rings. The van der Waals surface area contributed by atoms with Crippen molar-refractivity contribution in [2.75, 3.05) is 13.1 Å². The molecule has 0 radical (unpaired) electrons. The van der Waals surface area contributed by atoms with Crippen LogP contribution in [0, 0.1) is 0 Å². The molecule has 20 heavy (non-hydrogen) atoms. The largest absolute Gasteiger partial charge is 0.356 e. The number of amides is 1. The van der Waals surface area contributed by atoms with Crippen LogP contribution >= 0.6 is 12.4 Å². The number of para-hydroxylation sites is 1. The van der Waals surface area contributed by atoms with Crippen LogP contribution < -0.4 is 10.6 Å².